The minimum Gasteiger partial charge on any atom is -0.352 e. The lowest BCUT2D eigenvalue weighted by atomic mass is 10.0. The highest BCUT2D eigenvalue weighted by atomic mass is 35.5. The van der Waals surface area contributed by atoms with Gasteiger partial charge in [0.2, 0.25) is 5.91 Å². The molecule has 3 heteroatoms. The number of fused-ring (bicyclic) bond motifs is 1. The molecular weight excluding hydrogens is 270 g/mol. The molecule has 0 bridgehead atoms. The lowest BCUT2D eigenvalue weighted by Crippen LogP contribution is -2.34. The predicted molar refractivity (Wildman–Crippen MR) is 82.9 cm³/mol. The fourth-order valence-electron chi connectivity index (χ4n) is 2.96. The van der Waals surface area contributed by atoms with Gasteiger partial charge >= 0.3 is 0 Å². The highest BCUT2D eigenvalue weighted by molar-refractivity contribution is 6.31. The van der Waals surface area contributed by atoms with Gasteiger partial charge in [-0.15, -0.1) is 11.6 Å². The molecular formula is C17H18ClNO. The maximum Gasteiger partial charge on any atom is 0.242 e. The Bertz CT molecular complexity index is 614. The first-order chi connectivity index (χ1) is 9.75. The third kappa shape index (κ3) is 2.66. The summed E-state index contributed by atoms with van der Waals surface area (Å²) in [6, 6.07) is 14.3. The van der Waals surface area contributed by atoms with Gasteiger partial charge in [-0.2, -0.15) is 0 Å². The van der Waals surface area contributed by atoms with Gasteiger partial charge < -0.3 is 5.32 Å². The van der Waals surface area contributed by atoms with E-state index in [0.29, 0.717) is 6.04 Å². The second-order valence-corrected chi connectivity index (χ2v) is 5.86. The topological polar surface area (TPSA) is 29.1 Å². The van der Waals surface area contributed by atoms with E-state index in [4.69, 9.17) is 11.6 Å². The van der Waals surface area contributed by atoms with Crippen molar-refractivity contribution < 1.29 is 4.79 Å². The van der Waals surface area contributed by atoms with Crippen molar-refractivity contribution >= 4 is 28.3 Å². The highest BCUT2D eigenvalue weighted by Crippen LogP contribution is 2.29. The fraction of sp³-hybridized carbons (Fsp3) is 0.353. The van der Waals surface area contributed by atoms with Gasteiger partial charge in [0.15, 0.2) is 0 Å². The van der Waals surface area contributed by atoms with Crippen molar-refractivity contribution in [1.29, 1.82) is 0 Å². The number of rotatable bonds is 3. The molecule has 2 nitrogen and oxygen atoms in total. The molecule has 0 radical (unpaired) electrons. The molecule has 1 aliphatic carbocycles. The van der Waals surface area contributed by atoms with E-state index in [2.05, 4.69) is 5.32 Å². The van der Waals surface area contributed by atoms with Crippen molar-refractivity contribution in [3.63, 3.8) is 0 Å². The van der Waals surface area contributed by atoms with Gasteiger partial charge in [-0.3, -0.25) is 4.79 Å². The Balaban J connectivity index is 1.84. The molecule has 0 saturated heterocycles. The summed E-state index contributed by atoms with van der Waals surface area (Å²) in [7, 11) is 0. The lowest BCUT2D eigenvalue weighted by Gasteiger charge is -2.17. The maximum absolute atomic E-state index is 12.3. The van der Waals surface area contributed by atoms with Crippen LogP contribution in [0.3, 0.4) is 0 Å². The zero-order valence-corrected chi connectivity index (χ0v) is 12.1. The van der Waals surface area contributed by atoms with Crippen LogP contribution < -0.4 is 5.32 Å². The first-order valence-corrected chi connectivity index (χ1v) is 7.61. The standard InChI is InChI=1S/C17H18ClNO/c18-16(17(20)19-13-8-2-3-9-13)15-11-5-7-12-6-1-4-10-14(12)15/h1,4-7,10-11,13,16H,2-3,8-9H2,(H,19,20). The maximum atomic E-state index is 12.3. The Morgan fingerprint density at radius 2 is 1.80 bits per heavy atom. The van der Waals surface area contributed by atoms with Crippen molar-refractivity contribution in [2.45, 2.75) is 37.1 Å². The fourth-order valence-corrected chi connectivity index (χ4v) is 3.21. The first kappa shape index (κ1) is 13.4. The Morgan fingerprint density at radius 1 is 1.10 bits per heavy atom. The van der Waals surface area contributed by atoms with Gasteiger partial charge in [0.05, 0.1) is 0 Å². The molecule has 1 N–H and O–H groups in total. The summed E-state index contributed by atoms with van der Waals surface area (Å²) in [5.41, 5.74) is 0.889. The number of halogens is 1. The summed E-state index contributed by atoms with van der Waals surface area (Å²) in [4.78, 5) is 12.3. The average molecular weight is 288 g/mol. The number of alkyl halides is 1. The van der Waals surface area contributed by atoms with Crippen LogP contribution in [0.5, 0.6) is 0 Å². The molecule has 1 saturated carbocycles. The number of hydrogen-bond acceptors (Lipinski definition) is 1. The van der Waals surface area contributed by atoms with Crippen LogP contribution in [-0.2, 0) is 4.79 Å². The van der Waals surface area contributed by atoms with Crippen LogP contribution in [0, 0.1) is 0 Å². The summed E-state index contributed by atoms with van der Waals surface area (Å²) < 4.78 is 0. The quantitative estimate of drug-likeness (QED) is 0.843. The predicted octanol–water partition coefficient (Wildman–Crippen LogP) is 4.18. The second kappa shape index (κ2) is 5.84. The SMILES string of the molecule is O=C(NC1CCCC1)C(Cl)c1cccc2ccccc12. The molecule has 1 aliphatic rings. The van der Waals surface area contributed by atoms with Crippen LogP contribution in [0.4, 0.5) is 0 Å². The monoisotopic (exact) mass is 287 g/mol. The Labute approximate surface area is 124 Å². The van der Waals surface area contributed by atoms with Gasteiger partial charge in [-0.05, 0) is 29.2 Å². The van der Waals surface area contributed by atoms with Crippen LogP contribution in [0.1, 0.15) is 36.6 Å². The third-order valence-electron chi connectivity index (χ3n) is 4.03. The van der Waals surface area contributed by atoms with Crippen molar-refractivity contribution in [2.24, 2.45) is 0 Å². The van der Waals surface area contributed by atoms with E-state index in [1.165, 1.54) is 12.8 Å². The molecule has 0 spiro atoms. The molecule has 1 unspecified atom stereocenters. The largest absolute Gasteiger partial charge is 0.352 e. The molecule has 104 valence electrons. The van der Waals surface area contributed by atoms with Gasteiger partial charge in [0, 0.05) is 6.04 Å². The minimum atomic E-state index is -0.623. The molecule has 1 amide bonds. The van der Waals surface area contributed by atoms with E-state index in [1.54, 1.807) is 0 Å². The van der Waals surface area contributed by atoms with Crippen LogP contribution in [0.25, 0.3) is 10.8 Å². The van der Waals surface area contributed by atoms with Crippen molar-refractivity contribution in [1.82, 2.24) is 5.32 Å². The minimum absolute atomic E-state index is 0.0741. The zero-order valence-electron chi connectivity index (χ0n) is 11.3. The number of amides is 1. The van der Waals surface area contributed by atoms with Gasteiger partial charge in [-0.1, -0.05) is 55.3 Å². The molecule has 20 heavy (non-hydrogen) atoms. The lowest BCUT2D eigenvalue weighted by molar-refractivity contribution is -0.121. The highest BCUT2D eigenvalue weighted by Gasteiger charge is 2.24. The Hall–Kier alpha value is -1.54. The molecule has 2 aromatic rings. The average Bonchev–Trinajstić information content (AvgIpc) is 2.99. The molecule has 3 rings (SSSR count). The number of carbonyl (C=O) groups is 1. The number of hydrogen-bond donors (Lipinski definition) is 1. The summed E-state index contributed by atoms with van der Waals surface area (Å²) in [5, 5.41) is 4.61. The Morgan fingerprint density at radius 3 is 2.60 bits per heavy atom. The normalized spacial score (nSPS) is 17.2. The van der Waals surface area contributed by atoms with Gasteiger partial charge in [0.25, 0.3) is 0 Å². The van der Waals surface area contributed by atoms with Gasteiger partial charge in [-0.25, -0.2) is 0 Å². The first-order valence-electron chi connectivity index (χ1n) is 7.18. The van der Waals surface area contributed by atoms with Crippen LogP contribution in [0.15, 0.2) is 42.5 Å². The van der Waals surface area contributed by atoms with Crippen LogP contribution in [0.2, 0.25) is 0 Å². The number of benzene rings is 2. The van der Waals surface area contributed by atoms with E-state index >= 15 is 0 Å². The Kier molecular flexibility index (Phi) is 3.93. The summed E-state index contributed by atoms with van der Waals surface area (Å²) in [6.45, 7) is 0. The van der Waals surface area contributed by atoms with E-state index < -0.39 is 5.38 Å². The zero-order chi connectivity index (χ0) is 13.9. The summed E-state index contributed by atoms with van der Waals surface area (Å²) >= 11 is 6.40. The molecule has 1 atom stereocenters. The van der Waals surface area contributed by atoms with Crippen LogP contribution in [-0.4, -0.2) is 11.9 Å². The molecule has 2 aromatic carbocycles. The second-order valence-electron chi connectivity index (χ2n) is 5.42. The summed E-state index contributed by atoms with van der Waals surface area (Å²) in [5.74, 6) is -0.0741. The van der Waals surface area contributed by atoms with Crippen molar-refractivity contribution in [3.8, 4) is 0 Å². The van der Waals surface area contributed by atoms with E-state index in [9.17, 15) is 4.79 Å². The van der Waals surface area contributed by atoms with E-state index in [1.807, 2.05) is 42.5 Å². The third-order valence-corrected chi connectivity index (χ3v) is 4.46. The van der Waals surface area contributed by atoms with Gasteiger partial charge in [0.1, 0.15) is 5.38 Å². The molecule has 1 fully saturated rings. The van der Waals surface area contributed by atoms with Crippen LogP contribution >= 0.6 is 11.6 Å². The number of carbonyl (C=O) groups excluding carboxylic acids is 1. The van der Waals surface area contributed by atoms with E-state index in [-0.39, 0.29) is 5.91 Å². The summed E-state index contributed by atoms with van der Waals surface area (Å²) in [6.07, 6.45) is 4.55. The van der Waals surface area contributed by atoms with Crippen molar-refractivity contribution in [2.75, 3.05) is 0 Å². The molecule has 0 aliphatic heterocycles. The van der Waals surface area contributed by atoms with Crippen molar-refractivity contribution in [3.05, 3.63) is 48.0 Å². The number of nitrogens with one attached hydrogen (secondary N) is 1. The smallest absolute Gasteiger partial charge is 0.242 e. The van der Waals surface area contributed by atoms with E-state index in [0.717, 1.165) is 29.2 Å². The molecule has 0 heterocycles. The molecule has 0 aromatic heterocycles.